The third-order valence-corrected chi connectivity index (χ3v) is 6.00. The molecule has 1 aromatic heterocycles. The van der Waals surface area contributed by atoms with Gasteiger partial charge in [-0.25, -0.2) is 0 Å². The van der Waals surface area contributed by atoms with E-state index in [2.05, 4.69) is 47.8 Å². The molecule has 0 spiro atoms. The molecule has 3 aromatic carbocycles. The van der Waals surface area contributed by atoms with Gasteiger partial charge in [0.05, 0.1) is 13.0 Å². The lowest BCUT2D eigenvalue weighted by Crippen LogP contribution is -2.15. The van der Waals surface area contributed by atoms with Crippen molar-refractivity contribution >= 4 is 17.1 Å². The molecule has 3 heteroatoms. The Morgan fingerprint density at radius 1 is 0.828 bits per heavy atom. The molecule has 0 unspecified atom stereocenters. The number of hydrogen-bond donors (Lipinski definition) is 0. The molecule has 0 N–H and O–H groups in total. The summed E-state index contributed by atoms with van der Waals surface area (Å²) >= 11 is 1.69. The molecule has 1 heterocycles. The van der Waals surface area contributed by atoms with Crippen LogP contribution in [-0.2, 0) is 6.42 Å². The molecule has 0 aliphatic rings. The van der Waals surface area contributed by atoms with Crippen molar-refractivity contribution in [1.29, 1.82) is 0 Å². The van der Waals surface area contributed by atoms with Crippen LogP contribution in [0.1, 0.15) is 26.7 Å². The fraction of sp³-hybridized carbons (Fsp3) is 0.115. The first-order chi connectivity index (χ1) is 14.2. The highest BCUT2D eigenvalue weighted by atomic mass is 32.1. The molecule has 1 atom stereocenters. The molecule has 0 amide bonds. The highest BCUT2D eigenvalue weighted by Crippen LogP contribution is 2.30. The molecule has 144 valence electrons. The first kappa shape index (κ1) is 19.2. The lowest BCUT2D eigenvalue weighted by Gasteiger charge is -2.17. The van der Waals surface area contributed by atoms with Gasteiger partial charge in [0, 0.05) is 10.4 Å². The third kappa shape index (κ3) is 4.47. The standard InChI is InChI=1S/C26H22O2S/c1-28-23-15-13-22(14-16-23)26(27)25(18-24-8-5-17-29-24)21-11-9-20(10-12-21)19-6-3-2-4-7-19/h2-17,25H,18H2,1H3/t25-/m1/s1. The lowest BCUT2D eigenvalue weighted by atomic mass is 9.86. The lowest BCUT2D eigenvalue weighted by molar-refractivity contribution is 0.0959. The molecule has 29 heavy (non-hydrogen) atoms. The van der Waals surface area contributed by atoms with Gasteiger partial charge in [-0.1, -0.05) is 60.7 Å². The Kier molecular flexibility index (Phi) is 5.87. The van der Waals surface area contributed by atoms with E-state index in [1.54, 1.807) is 18.4 Å². The molecule has 2 nitrogen and oxygen atoms in total. The predicted molar refractivity (Wildman–Crippen MR) is 120 cm³/mol. The van der Waals surface area contributed by atoms with Crippen LogP contribution >= 0.6 is 11.3 Å². The molecule has 0 bridgehead atoms. The van der Waals surface area contributed by atoms with Gasteiger partial charge in [0.2, 0.25) is 0 Å². The maximum atomic E-state index is 13.4. The van der Waals surface area contributed by atoms with Crippen LogP contribution in [0.2, 0.25) is 0 Å². The highest BCUT2D eigenvalue weighted by Gasteiger charge is 2.23. The first-order valence-electron chi connectivity index (χ1n) is 9.60. The Morgan fingerprint density at radius 2 is 1.52 bits per heavy atom. The Bertz CT molecular complexity index is 1050. The van der Waals surface area contributed by atoms with Crippen LogP contribution in [0.4, 0.5) is 0 Å². The van der Waals surface area contributed by atoms with Crippen molar-refractivity contribution in [2.75, 3.05) is 7.11 Å². The maximum absolute atomic E-state index is 13.4. The molecule has 0 saturated heterocycles. The Morgan fingerprint density at radius 3 is 2.14 bits per heavy atom. The van der Waals surface area contributed by atoms with Crippen LogP contribution < -0.4 is 4.74 Å². The summed E-state index contributed by atoms with van der Waals surface area (Å²) in [5.41, 5.74) is 4.08. The highest BCUT2D eigenvalue weighted by molar-refractivity contribution is 7.09. The van der Waals surface area contributed by atoms with E-state index in [1.807, 2.05) is 48.5 Å². The number of ether oxygens (including phenoxy) is 1. The molecular weight excluding hydrogens is 376 g/mol. The summed E-state index contributed by atoms with van der Waals surface area (Å²) in [5, 5.41) is 2.06. The fourth-order valence-electron chi connectivity index (χ4n) is 3.49. The smallest absolute Gasteiger partial charge is 0.170 e. The summed E-state index contributed by atoms with van der Waals surface area (Å²) in [6, 6.07) is 30.2. The fourth-order valence-corrected chi connectivity index (χ4v) is 4.24. The van der Waals surface area contributed by atoms with E-state index in [1.165, 1.54) is 10.4 Å². The zero-order valence-electron chi connectivity index (χ0n) is 16.2. The van der Waals surface area contributed by atoms with E-state index < -0.39 is 0 Å². The van der Waals surface area contributed by atoms with E-state index in [9.17, 15) is 4.79 Å². The predicted octanol–water partition coefficient (Wildman–Crippen LogP) is 6.63. The van der Waals surface area contributed by atoms with Crippen LogP contribution in [0.5, 0.6) is 5.75 Å². The number of rotatable bonds is 7. The summed E-state index contributed by atoms with van der Waals surface area (Å²) in [7, 11) is 1.63. The molecule has 0 aliphatic carbocycles. The molecule has 4 aromatic rings. The van der Waals surface area contributed by atoms with Gasteiger partial charge >= 0.3 is 0 Å². The van der Waals surface area contributed by atoms with E-state index in [4.69, 9.17) is 4.74 Å². The zero-order chi connectivity index (χ0) is 20.1. The summed E-state index contributed by atoms with van der Waals surface area (Å²) in [5.74, 6) is 0.670. The van der Waals surface area contributed by atoms with Gasteiger partial charge in [0.25, 0.3) is 0 Å². The van der Waals surface area contributed by atoms with Crippen molar-refractivity contribution in [2.45, 2.75) is 12.3 Å². The van der Waals surface area contributed by atoms with E-state index in [0.29, 0.717) is 12.0 Å². The second kappa shape index (κ2) is 8.89. The quantitative estimate of drug-likeness (QED) is 0.326. The SMILES string of the molecule is COc1ccc(C(=O)[C@H](Cc2cccs2)c2ccc(-c3ccccc3)cc2)cc1. The largest absolute Gasteiger partial charge is 0.497 e. The van der Waals surface area contributed by atoms with Gasteiger partial charge in [-0.2, -0.15) is 0 Å². The second-order valence-corrected chi connectivity index (χ2v) is 7.95. The number of methoxy groups -OCH3 is 1. The van der Waals surface area contributed by atoms with Gasteiger partial charge in [0.15, 0.2) is 5.78 Å². The monoisotopic (exact) mass is 398 g/mol. The van der Waals surface area contributed by atoms with Crippen molar-refractivity contribution in [1.82, 2.24) is 0 Å². The minimum absolute atomic E-state index is 0.133. The zero-order valence-corrected chi connectivity index (χ0v) is 17.1. The number of thiophene rings is 1. The number of benzene rings is 3. The topological polar surface area (TPSA) is 26.3 Å². The van der Waals surface area contributed by atoms with Gasteiger partial charge in [-0.3, -0.25) is 4.79 Å². The molecule has 0 aliphatic heterocycles. The number of hydrogen-bond acceptors (Lipinski definition) is 3. The minimum atomic E-state index is -0.216. The summed E-state index contributed by atoms with van der Waals surface area (Å²) in [6.45, 7) is 0. The first-order valence-corrected chi connectivity index (χ1v) is 10.5. The molecule has 0 fully saturated rings. The van der Waals surface area contributed by atoms with Gasteiger partial charge in [0.1, 0.15) is 5.75 Å². The molecule has 0 radical (unpaired) electrons. The summed E-state index contributed by atoms with van der Waals surface area (Å²) in [4.78, 5) is 14.6. The number of ketones is 1. The van der Waals surface area contributed by atoms with Crippen molar-refractivity contribution in [3.05, 3.63) is 112 Å². The van der Waals surface area contributed by atoms with Gasteiger partial charge in [-0.15, -0.1) is 11.3 Å². The average Bonchev–Trinajstić information content (AvgIpc) is 3.31. The van der Waals surface area contributed by atoms with E-state index in [-0.39, 0.29) is 11.7 Å². The molecule has 0 saturated carbocycles. The summed E-state index contributed by atoms with van der Waals surface area (Å²) < 4.78 is 5.22. The average molecular weight is 399 g/mol. The molecule has 4 rings (SSSR count). The van der Waals surface area contributed by atoms with Gasteiger partial charge in [-0.05, 0) is 58.8 Å². The van der Waals surface area contributed by atoms with Crippen LogP contribution in [0, 0.1) is 0 Å². The number of Topliss-reactive ketones (excluding diaryl/α,β-unsaturated/α-hetero) is 1. The minimum Gasteiger partial charge on any atom is -0.497 e. The van der Waals surface area contributed by atoms with Crippen molar-refractivity contribution in [3.63, 3.8) is 0 Å². The maximum Gasteiger partial charge on any atom is 0.170 e. The Labute approximate surface area is 175 Å². The number of carbonyl (C=O) groups excluding carboxylic acids is 1. The third-order valence-electron chi connectivity index (χ3n) is 5.10. The van der Waals surface area contributed by atoms with Gasteiger partial charge < -0.3 is 4.74 Å². The Balaban J connectivity index is 1.65. The van der Waals surface area contributed by atoms with Crippen molar-refractivity contribution in [3.8, 4) is 16.9 Å². The summed E-state index contributed by atoms with van der Waals surface area (Å²) in [6.07, 6.45) is 0.702. The normalized spacial score (nSPS) is 11.8. The second-order valence-electron chi connectivity index (χ2n) is 6.92. The van der Waals surface area contributed by atoms with Crippen molar-refractivity contribution < 1.29 is 9.53 Å². The Hall–Kier alpha value is -3.17. The van der Waals surface area contributed by atoms with E-state index >= 15 is 0 Å². The van der Waals surface area contributed by atoms with E-state index in [0.717, 1.165) is 16.9 Å². The van der Waals surface area contributed by atoms with Crippen LogP contribution in [0.3, 0.4) is 0 Å². The van der Waals surface area contributed by atoms with Crippen LogP contribution in [0.15, 0.2) is 96.4 Å². The van der Waals surface area contributed by atoms with Crippen molar-refractivity contribution in [2.24, 2.45) is 0 Å². The van der Waals surface area contributed by atoms with Crippen LogP contribution in [-0.4, -0.2) is 12.9 Å². The number of carbonyl (C=O) groups is 1. The molecular formula is C26H22O2S. The van der Waals surface area contributed by atoms with Crippen LogP contribution in [0.25, 0.3) is 11.1 Å².